The summed E-state index contributed by atoms with van der Waals surface area (Å²) in [6.45, 7) is 0.812. The summed E-state index contributed by atoms with van der Waals surface area (Å²) in [5, 5.41) is 0. The number of piperidine rings is 1. The summed E-state index contributed by atoms with van der Waals surface area (Å²) in [6, 6.07) is 5.11. The average molecular weight is 311 g/mol. The zero-order chi connectivity index (χ0) is 13.1. The number of nitrogens with two attached hydrogens (primary N) is 1. The first-order valence-corrected chi connectivity index (χ1v) is 6.73. The van der Waals surface area contributed by atoms with Crippen LogP contribution in [-0.2, 0) is 4.79 Å². The molecule has 1 atom stereocenters. The van der Waals surface area contributed by atoms with Crippen LogP contribution in [0.2, 0.25) is 0 Å². The molecule has 0 spiro atoms. The van der Waals surface area contributed by atoms with Crippen molar-refractivity contribution in [3.05, 3.63) is 28.2 Å². The van der Waals surface area contributed by atoms with Crippen LogP contribution in [0.4, 0.5) is 5.69 Å². The zero-order valence-electron chi connectivity index (χ0n) is 9.93. The number of halogens is 1. The number of aldehydes is 1. The van der Waals surface area contributed by atoms with Crippen molar-refractivity contribution in [1.82, 2.24) is 0 Å². The molecule has 0 aliphatic carbocycles. The number of hydrogen-bond donors (Lipinski definition) is 1. The van der Waals surface area contributed by atoms with Crippen molar-refractivity contribution < 1.29 is 9.59 Å². The van der Waals surface area contributed by atoms with E-state index in [9.17, 15) is 9.59 Å². The summed E-state index contributed by atoms with van der Waals surface area (Å²) in [6.07, 6.45) is 3.66. The molecule has 0 aromatic heterocycles. The van der Waals surface area contributed by atoms with Crippen LogP contribution in [-0.4, -0.2) is 24.8 Å². The van der Waals surface area contributed by atoms with E-state index in [-0.39, 0.29) is 11.9 Å². The second-order valence-corrected chi connectivity index (χ2v) is 5.29. The summed E-state index contributed by atoms with van der Waals surface area (Å²) in [5.41, 5.74) is 6.98. The van der Waals surface area contributed by atoms with Gasteiger partial charge in [0.2, 0.25) is 5.91 Å². The fraction of sp³-hybridized carbons (Fsp3) is 0.385. The van der Waals surface area contributed by atoms with Gasteiger partial charge in [0.25, 0.3) is 0 Å². The Balaban J connectivity index is 2.33. The fourth-order valence-corrected chi connectivity index (χ4v) is 2.97. The van der Waals surface area contributed by atoms with Gasteiger partial charge in [-0.15, -0.1) is 0 Å². The molecule has 96 valence electrons. The molecule has 18 heavy (non-hydrogen) atoms. The standard InChI is InChI=1S/C13H15BrN2O2/c14-10-7-9(8-17)4-5-11(10)16-6-2-1-3-12(16)13(15)18/h4-5,7-8,12H,1-3,6H2,(H2,15,18). The lowest BCUT2D eigenvalue weighted by Crippen LogP contribution is -2.48. The maximum Gasteiger partial charge on any atom is 0.240 e. The van der Waals surface area contributed by atoms with E-state index in [1.54, 1.807) is 12.1 Å². The van der Waals surface area contributed by atoms with Crippen LogP contribution in [0.1, 0.15) is 29.6 Å². The van der Waals surface area contributed by atoms with Crippen LogP contribution in [0, 0.1) is 0 Å². The molecule has 0 saturated carbocycles. The highest BCUT2D eigenvalue weighted by molar-refractivity contribution is 9.10. The summed E-state index contributed by atoms with van der Waals surface area (Å²) in [5.74, 6) is -0.291. The van der Waals surface area contributed by atoms with Gasteiger partial charge in [-0.25, -0.2) is 0 Å². The number of carbonyl (C=O) groups is 2. The van der Waals surface area contributed by atoms with Crippen LogP contribution in [0.3, 0.4) is 0 Å². The van der Waals surface area contributed by atoms with Crippen molar-refractivity contribution in [3.63, 3.8) is 0 Å². The minimum absolute atomic E-state index is 0.253. The minimum atomic E-state index is -0.291. The van der Waals surface area contributed by atoms with E-state index in [0.717, 1.165) is 42.3 Å². The Morgan fingerprint density at radius 1 is 1.44 bits per heavy atom. The van der Waals surface area contributed by atoms with Crippen LogP contribution < -0.4 is 10.6 Å². The quantitative estimate of drug-likeness (QED) is 0.870. The maximum absolute atomic E-state index is 11.5. The molecular formula is C13H15BrN2O2. The highest BCUT2D eigenvalue weighted by Gasteiger charge is 2.28. The maximum atomic E-state index is 11.5. The molecule has 1 unspecified atom stereocenters. The van der Waals surface area contributed by atoms with Gasteiger partial charge in [0.05, 0.1) is 5.69 Å². The Labute approximate surface area is 114 Å². The van der Waals surface area contributed by atoms with Crippen molar-refractivity contribution in [2.45, 2.75) is 25.3 Å². The topological polar surface area (TPSA) is 63.4 Å². The van der Waals surface area contributed by atoms with Gasteiger partial charge in [-0.2, -0.15) is 0 Å². The smallest absolute Gasteiger partial charge is 0.240 e. The van der Waals surface area contributed by atoms with Crippen molar-refractivity contribution in [2.24, 2.45) is 5.73 Å². The highest BCUT2D eigenvalue weighted by atomic mass is 79.9. The number of anilines is 1. The van der Waals surface area contributed by atoms with E-state index >= 15 is 0 Å². The van der Waals surface area contributed by atoms with Crippen molar-refractivity contribution in [2.75, 3.05) is 11.4 Å². The number of rotatable bonds is 3. The lowest BCUT2D eigenvalue weighted by atomic mass is 10.0. The third-order valence-corrected chi connectivity index (χ3v) is 3.88. The van der Waals surface area contributed by atoms with Gasteiger partial charge < -0.3 is 10.6 Å². The molecule has 1 amide bonds. The van der Waals surface area contributed by atoms with Gasteiger partial charge >= 0.3 is 0 Å². The number of nitrogens with zero attached hydrogens (tertiary/aromatic N) is 1. The first kappa shape index (κ1) is 13.1. The van der Waals surface area contributed by atoms with Gasteiger partial charge in [-0.05, 0) is 53.4 Å². The normalized spacial score (nSPS) is 19.6. The molecule has 1 aliphatic heterocycles. The number of benzene rings is 1. The van der Waals surface area contributed by atoms with Crippen LogP contribution in [0.15, 0.2) is 22.7 Å². The number of amides is 1. The SMILES string of the molecule is NC(=O)C1CCCCN1c1ccc(C=O)cc1Br. The molecule has 1 heterocycles. The number of carbonyl (C=O) groups excluding carboxylic acids is 2. The van der Waals surface area contributed by atoms with E-state index in [2.05, 4.69) is 15.9 Å². The van der Waals surface area contributed by atoms with Gasteiger partial charge in [-0.1, -0.05) is 0 Å². The van der Waals surface area contributed by atoms with E-state index in [1.165, 1.54) is 0 Å². The van der Waals surface area contributed by atoms with Crippen LogP contribution in [0.25, 0.3) is 0 Å². The second-order valence-electron chi connectivity index (χ2n) is 4.44. The number of primary amides is 1. The van der Waals surface area contributed by atoms with Gasteiger partial charge in [0.1, 0.15) is 12.3 Å². The Morgan fingerprint density at radius 3 is 2.83 bits per heavy atom. The number of hydrogen-bond acceptors (Lipinski definition) is 3. The first-order chi connectivity index (χ1) is 8.63. The minimum Gasteiger partial charge on any atom is -0.368 e. The zero-order valence-corrected chi connectivity index (χ0v) is 11.5. The highest BCUT2D eigenvalue weighted by Crippen LogP contribution is 2.31. The molecule has 1 aliphatic rings. The third kappa shape index (κ3) is 2.56. The Bertz CT molecular complexity index is 476. The average Bonchev–Trinajstić information content (AvgIpc) is 2.38. The molecule has 1 saturated heterocycles. The largest absolute Gasteiger partial charge is 0.368 e. The molecule has 2 N–H and O–H groups in total. The van der Waals surface area contributed by atoms with Crippen molar-refractivity contribution in [1.29, 1.82) is 0 Å². The van der Waals surface area contributed by atoms with Gasteiger partial charge in [0.15, 0.2) is 0 Å². The Hall–Kier alpha value is -1.36. The molecule has 1 fully saturated rings. The monoisotopic (exact) mass is 310 g/mol. The Kier molecular flexibility index (Phi) is 4.01. The molecule has 0 bridgehead atoms. The van der Waals surface area contributed by atoms with E-state index in [4.69, 9.17) is 5.73 Å². The van der Waals surface area contributed by atoms with Crippen molar-refractivity contribution in [3.8, 4) is 0 Å². The molecule has 2 rings (SSSR count). The first-order valence-electron chi connectivity index (χ1n) is 5.94. The third-order valence-electron chi connectivity index (χ3n) is 3.25. The predicted molar refractivity (Wildman–Crippen MR) is 73.7 cm³/mol. The lowest BCUT2D eigenvalue weighted by molar-refractivity contribution is -0.119. The summed E-state index contributed by atoms with van der Waals surface area (Å²) < 4.78 is 0.820. The van der Waals surface area contributed by atoms with Crippen LogP contribution >= 0.6 is 15.9 Å². The fourth-order valence-electron chi connectivity index (χ4n) is 2.35. The molecule has 4 nitrogen and oxygen atoms in total. The summed E-state index contributed by atoms with van der Waals surface area (Å²) in [7, 11) is 0. The van der Waals surface area contributed by atoms with Gasteiger partial charge in [-0.3, -0.25) is 9.59 Å². The molecule has 1 aromatic rings. The molecular weight excluding hydrogens is 296 g/mol. The molecule has 0 radical (unpaired) electrons. The summed E-state index contributed by atoms with van der Waals surface area (Å²) >= 11 is 3.45. The molecule has 1 aromatic carbocycles. The second kappa shape index (κ2) is 5.52. The molecule has 5 heteroatoms. The van der Waals surface area contributed by atoms with E-state index < -0.39 is 0 Å². The predicted octanol–water partition coefficient (Wildman–Crippen LogP) is 2.11. The summed E-state index contributed by atoms with van der Waals surface area (Å²) in [4.78, 5) is 24.2. The van der Waals surface area contributed by atoms with E-state index in [0.29, 0.717) is 5.56 Å². The lowest BCUT2D eigenvalue weighted by Gasteiger charge is -2.36. The van der Waals surface area contributed by atoms with Crippen LogP contribution in [0.5, 0.6) is 0 Å². The van der Waals surface area contributed by atoms with Gasteiger partial charge in [0, 0.05) is 16.6 Å². The Morgan fingerprint density at radius 2 is 2.22 bits per heavy atom. The van der Waals surface area contributed by atoms with E-state index in [1.807, 2.05) is 11.0 Å². The van der Waals surface area contributed by atoms with Crippen molar-refractivity contribution >= 4 is 33.8 Å².